The highest BCUT2D eigenvalue weighted by molar-refractivity contribution is 7.26. The summed E-state index contributed by atoms with van der Waals surface area (Å²) in [6, 6.07) is 72.8. The van der Waals surface area contributed by atoms with Crippen molar-refractivity contribution in [2.24, 2.45) is 0 Å². The number of para-hydroxylation sites is 1. The molecule has 1 aromatic heterocycles. The molecule has 0 N–H and O–H groups in total. The van der Waals surface area contributed by atoms with E-state index in [0.29, 0.717) is 0 Å². The number of fused-ring (bicyclic) bond motifs is 6. The molecule has 9 aromatic carbocycles. The summed E-state index contributed by atoms with van der Waals surface area (Å²) in [7, 11) is 0. The predicted octanol–water partition coefficient (Wildman–Crippen LogP) is 14.8. The Kier molecular flexibility index (Phi) is 7.41. The Labute approximate surface area is 307 Å². The Morgan fingerprint density at radius 1 is 0.346 bits per heavy atom. The Balaban J connectivity index is 1.21. The summed E-state index contributed by atoms with van der Waals surface area (Å²) in [5, 5.41) is 7.67. The zero-order chi connectivity index (χ0) is 34.4. The van der Waals surface area contributed by atoms with Crippen LogP contribution in [0.25, 0.3) is 75.1 Å². The van der Waals surface area contributed by atoms with E-state index in [-0.39, 0.29) is 0 Å². The Bertz CT molecular complexity index is 2880. The van der Waals surface area contributed by atoms with Crippen LogP contribution in [-0.4, -0.2) is 0 Å². The number of rotatable bonds is 6. The zero-order valence-electron chi connectivity index (χ0n) is 28.4. The van der Waals surface area contributed by atoms with E-state index in [0.717, 1.165) is 17.1 Å². The molecule has 0 fully saturated rings. The Morgan fingerprint density at radius 3 is 1.71 bits per heavy atom. The molecule has 244 valence electrons. The molecule has 52 heavy (non-hydrogen) atoms. The summed E-state index contributed by atoms with van der Waals surface area (Å²) in [6.07, 6.45) is 0. The maximum absolute atomic E-state index is 2.43. The van der Waals surface area contributed by atoms with Crippen molar-refractivity contribution in [3.8, 4) is 33.4 Å². The number of benzene rings is 9. The first-order valence-corrected chi connectivity index (χ1v) is 18.6. The number of thiophene rings is 1. The molecule has 0 saturated heterocycles. The molecule has 0 unspecified atom stereocenters. The van der Waals surface area contributed by atoms with Crippen LogP contribution in [0.3, 0.4) is 0 Å². The van der Waals surface area contributed by atoms with Gasteiger partial charge in [0.25, 0.3) is 0 Å². The molecule has 0 saturated carbocycles. The average molecular weight is 680 g/mol. The van der Waals surface area contributed by atoms with Crippen molar-refractivity contribution in [2.75, 3.05) is 4.90 Å². The lowest BCUT2D eigenvalue weighted by Crippen LogP contribution is -2.11. The second-order valence-corrected chi connectivity index (χ2v) is 14.3. The van der Waals surface area contributed by atoms with E-state index < -0.39 is 0 Å². The summed E-state index contributed by atoms with van der Waals surface area (Å²) in [4.78, 5) is 2.43. The molecule has 1 nitrogen and oxygen atoms in total. The van der Waals surface area contributed by atoms with E-state index in [1.807, 2.05) is 11.3 Å². The van der Waals surface area contributed by atoms with Crippen LogP contribution in [0, 0.1) is 0 Å². The third-order valence-corrected chi connectivity index (χ3v) is 11.4. The molecule has 1 heterocycles. The van der Waals surface area contributed by atoms with Gasteiger partial charge in [0.15, 0.2) is 0 Å². The van der Waals surface area contributed by atoms with Crippen molar-refractivity contribution >= 4 is 70.1 Å². The summed E-state index contributed by atoms with van der Waals surface area (Å²) < 4.78 is 2.62. The van der Waals surface area contributed by atoms with Gasteiger partial charge < -0.3 is 4.90 Å². The van der Waals surface area contributed by atoms with Gasteiger partial charge in [-0.25, -0.2) is 0 Å². The zero-order valence-corrected chi connectivity index (χ0v) is 29.2. The van der Waals surface area contributed by atoms with Crippen LogP contribution in [0.5, 0.6) is 0 Å². The van der Waals surface area contributed by atoms with Gasteiger partial charge in [-0.3, -0.25) is 0 Å². The average Bonchev–Trinajstić information content (AvgIpc) is 3.61. The van der Waals surface area contributed by atoms with Gasteiger partial charge in [-0.15, -0.1) is 11.3 Å². The fourth-order valence-corrected chi connectivity index (χ4v) is 9.05. The van der Waals surface area contributed by atoms with E-state index >= 15 is 0 Å². The van der Waals surface area contributed by atoms with Crippen LogP contribution in [-0.2, 0) is 0 Å². The van der Waals surface area contributed by atoms with Crippen molar-refractivity contribution in [1.29, 1.82) is 0 Å². The molecule has 0 radical (unpaired) electrons. The molecule has 0 aliphatic rings. The largest absolute Gasteiger partial charge is 0.310 e. The van der Waals surface area contributed by atoms with E-state index in [2.05, 4.69) is 205 Å². The first-order valence-electron chi connectivity index (χ1n) is 17.8. The lowest BCUT2D eigenvalue weighted by molar-refractivity contribution is 1.29. The number of hydrogen-bond acceptors (Lipinski definition) is 2. The van der Waals surface area contributed by atoms with E-state index in [9.17, 15) is 0 Å². The quantitative estimate of drug-likeness (QED) is 0.169. The van der Waals surface area contributed by atoms with Crippen LogP contribution in [0.15, 0.2) is 200 Å². The number of anilines is 3. The molecule has 0 spiro atoms. The second kappa shape index (κ2) is 12.7. The summed E-state index contributed by atoms with van der Waals surface area (Å²) in [6.45, 7) is 0. The Morgan fingerprint density at radius 2 is 0.923 bits per heavy atom. The molecule has 2 heteroatoms. The maximum atomic E-state index is 2.43. The standard InChI is InChI=1S/C50H33NS/c1-3-14-35(15-4-1)43-22-11-12-25-47(43)51(39-28-26-37(27-29-39)42-24-13-20-34-18-7-9-21-41(34)42)40-30-31-48-46(33-40)49-45(36-16-5-2-6-17-36)32-38-19-8-10-23-44(38)50(49)52-48/h1-33H. The van der Waals surface area contributed by atoms with Crippen LogP contribution >= 0.6 is 11.3 Å². The summed E-state index contributed by atoms with van der Waals surface area (Å²) >= 11 is 1.89. The van der Waals surface area contributed by atoms with Gasteiger partial charge in [0.1, 0.15) is 0 Å². The van der Waals surface area contributed by atoms with Gasteiger partial charge in [0, 0.05) is 37.1 Å². The molecular weight excluding hydrogens is 647 g/mol. The summed E-state index contributed by atoms with van der Waals surface area (Å²) in [5.41, 5.74) is 10.7. The molecular formula is C50H33NS. The van der Waals surface area contributed by atoms with Crippen LogP contribution in [0.2, 0.25) is 0 Å². The molecule has 0 aliphatic heterocycles. The van der Waals surface area contributed by atoms with Gasteiger partial charge in [0.05, 0.1) is 5.69 Å². The van der Waals surface area contributed by atoms with Crippen LogP contribution in [0.1, 0.15) is 0 Å². The molecule has 0 atom stereocenters. The van der Waals surface area contributed by atoms with Gasteiger partial charge in [-0.1, -0.05) is 158 Å². The molecule has 0 amide bonds. The lowest BCUT2D eigenvalue weighted by atomic mass is 9.95. The molecule has 10 aromatic rings. The fourth-order valence-electron chi connectivity index (χ4n) is 7.81. The smallest absolute Gasteiger partial charge is 0.0540 e. The predicted molar refractivity (Wildman–Crippen MR) is 225 cm³/mol. The number of nitrogens with zero attached hydrogens (tertiary/aromatic N) is 1. The van der Waals surface area contributed by atoms with E-state index in [4.69, 9.17) is 0 Å². The second-order valence-electron chi connectivity index (χ2n) is 13.3. The topological polar surface area (TPSA) is 3.24 Å². The first kappa shape index (κ1) is 30.4. The molecule has 10 rings (SSSR count). The SMILES string of the molecule is c1ccc(-c2ccccc2N(c2ccc(-c3cccc4ccccc34)cc2)c2ccc3sc4c5ccccc5cc(-c5ccccc5)c4c3c2)cc1. The number of hydrogen-bond donors (Lipinski definition) is 0. The van der Waals surface area contributed by atoms with Crippen LogP contribution in [0.4, 0.5) is 17.1 Å². The fraction of sp³-hybridized carbons (Fsp3) is 0. The maximum Gasteiger partial charge on any atom is 0.0540 e. The highest BCUT2D eigenvalue weighted by atomic mass is 32.1. The third-order valence-electron chi connectivity index (χ3n) is 10.2. The van der Waals surface area contributed by atoms with E-state index in [1.165, 1.54) is 75.1 Å². The van der Waals surface area contributed by atoms with Gasteiger partial charge in [0.2, 0.25) is 0 Å². The van der Waals surface area contributed by atoms with Crippen molar-refractivity contribution in [3.63, 3.8) is 0 Å². The third kappa shape index (κ3) is 5.16. The highest BCUT2D eigenvalue weighted by Crippen LogP contribution is 2.48. The minimum absolute atomic E-state index is 1.11. The van der Waals surface area contributed by atoms with Crippen molar-refractivity contribution in [1.82, 2.24) is 0 Å². The Hall–Kier alpha value is -6.48. The van der Waals surface area contributed by atoms with Crippen molar-refractivity contribution in [3.05, 3.63) is 200 Å². The molecule has 0 aliphatic carbocycles. The van der Waals surface area contributed by atoms with Gasteiger partial charge in [-0.05, 0) is 91.8 Å². The highest BCUT2D eigenvalue weighted by Gasteiger charge is 2.20. The lowest BCUT2D eigenvalue weighted by Gasteiger charge is -2.28. The van der Waals surface area contributed by atoms with Gasteiger partial charge >= 0.3 is 0 Å². The first-order chi connectivity index (χ1) is 25.8. The normalized spacial score (nSPS) is 11.5. The molecule has 0 bridgehead atoms. The van der Waals surface area contributed by atoms with Crippen LogP contribution < -0.4 is 4.90 Å². The van der Waals surface area contributed by atoms with Crippen molar-refractivity contribution < 1.29 is 0 Å². The minimum Gasteiger partial charge on any atom is -0.310 e. The van der Waals surface area contributed by atoms with E-state index in [1.54, 1.807) is 0 Å². The summed E-state index contributed by atoms with van der Waals surface area (Å²) in [5.74, 6) is 0. The van der Waals surface area contributed by atoms with Gasteiger partial charge in [-0.2, -0.15) is 0 Å². The minimum atomic E-state index is 1.11. The van der Waals surface area contributed by atoms with Crippen molar-refractivity contribution in [2.45, 2.75) is 0 Å². The monoisotopic (exact) mass is 679 g/mol.